The van der Waals surface area contributed by atoms with Gasteiger partial charge in [-0.25, -0.2) is 8.42 Å². The second kappa shape index (κ2) is 6.20. The van der Waals surface area contributed by atoms with Crippen molar-refractivity contribution < 1.29 is 13.6 Å². The molecule has 0 bridgehead atoms. The number of anilines is 1. The van der Waals surface area contributed by atoms with E-state index in [1.165, 1.54) is 10.6 Å². The third-order valence-electron chi connectivity index (χ3n) is 3.39. The van der Waals surface area contributed by atoms with Crippen molar-refractivity contribution in [2.45, 2.75) is 0 Å². The number of amidine groups is 1. The van der Waals surface area contributed by atoms with Gasteiger partial charge in [0.05, 0.1) is 6.26 Å². The highest BCUT2D eigenvalue weighted by Crippen LogP contribution is 2.26. The molecule has 9 heteroatoms. The van der Waals surface area contributed by atoms with Gasteiger partial charge in [0, 0.05) is 41.9 Å². The molecule has 116 valence electrons. The molecule has 1 fully saturated rings. The summed E-state index contributed by atoms with van der Waals surface area (Å²) in [6.45, 7) is 1.95. The van der Waals surface area contributed by atoms with Crippen LogP contribution in [0.2, 0.25) is 0 Å². The SMILES string of the molecule is CS(=O)(=O)N1CCN(c2ccc(Br)cc2/C(N)=N/O)CC1. The fourth-order valence-corrected chi connectivity index (χ4v) is 3.49. The number of hydrogen-bond acceptors (Lipinski definition) is 5. The van der Waals surface area contributed by atoms with Gasteiger partial charge in [-0.1, -0.05) is 21.1 Å². The van der Waals surface area contributed by atoms with Crippen molar-refractivity contribution in [1.29, 1.82) is 0 Å². The molecule has 0 saturated carbocycles. The van der Waals surface area contributed by atoms with Crippen LogP contribution in [0.1, 0.15) is 5.56 Å². The van der Waals surface area contributed by atoms with E-state index in [4.69, 9.17) is 10.9 Å². The van der Waals surface area contributed by atoms with Gasteiger partial charge in [-0.05, 0) is 18.2 Å². The Kier molecular flexibility index (Phi) is 4.74. The number of nitrogens with zero attached hydrogens (tertiary/aromatic N) is 3. The molecule has 1 aromatic carbocycles. The van der Waals surface area contributed by atoms with Crippen LogP contribution in [0.15, 0.2) is 27.8 Å². The van der Waals surface area contributed by atoms with Crippen molar-refractivity contribution in [2.24, 2.45) is 10.9 Å². The lowest BCUT2D eigenvalue weighted by Gasteiger charge is -2.35. The van der Waals surface area contributed by atoms with E-state index in [1.807, 2.05) is 17.0 Å². The maximum absolute atomic E-state index is 11.5. The van der Waals surface area contributed by atoms with E-state index >= 15 is 0 Å². The largest absolute Gasteiger partial charge is 0.409 e. The molecular formula is C12H17BrN4O3S. The molecule has 1 heterocycles. The second-order valence-electron chi connectivity index (χ2n) is 4.80. The van der Waals surface area contributed by atoms with Crippen LogP contribution in [0.3, 0.4) is 0 Å². The zero-order valence-corrected chi connectivity index (χ0v) is 13.9. The Morgan fingerprint density at radius 1 is 1.33 bits per heavy atom. The van der Waals surface area contributed by atoms with Crippen molar-refractivity contribution in [3.8, 4) is 0 Å². The zero-order chi connectivity index (χ0) is 15.6. The summed E-state index contributed by atoms with van der Waals surface area (Å²) in [6, 6.07) is 5.51. The summed E-state index contributed by atoms with van der Waals surface area (Å²) in [7, 11) is -3.16. The Labute approximate surface area is 132 Å². The summed E-state index contributed by atoms with van der Waals surface area (Å²) >= 11 is 3.36. The summed E-state index contributed by atoms with van der Waals surface area (Å²) in [4.78, 5) is 2.03. The highest BCUT2D eigenvalue weighted by molar-refractivity contribution is 9.10. The number of piperazine rings is 1. The standard InChI is InChI=1S/C12H17BrN4O3S/c1-21(19,20)17-6-4-16(5-7-17)11-3-2-9(13)8-10(11)12(14)15-18/h2-3,8,18H,4-7H2,1H3,(H2,14,15). The Morgan fingerprint density at radius 3 is 2.48 bits per heavy atom. The second-order valence-corrected chi connectivity index (χ2v) is 7.69. The molecule has 7 nitrogen and oxygen atoms in total. The summed E-state index contributed by atoms with van der Waals surface area (Å²) < 4.78 is 25.3. The predicted octanol–water partition coefficient (Wildman–Crippen LogP) is 0.625. The molecule has 1 aliphatic heterocycles. The Bertz CT molecular complexity index is 654. The number of benzene rings is 1. The Balaban J connectivity index is 2.25. The van der Waals surface area contributed by atoms with Gasteiger partial charge in [0.1, 0.15) is 0 Å². The summed E-state index contributed by atoms with van der Waals surface area (Å²) in [5.41, 5.74) is 7.15. The highest BCUT2D eigenvalue weighted by atomic mass is 79.9. The normalized spacial score (nSPS) is 18.0. The molecular weight excluding hydrogens is 360 g/mol. The van der Waals surface area contributed by atoms with E-state index in [-0.39, 0.29) is 5.84 Å². The Hall–Kier alpha value is -1.32. The van der Waals surface area contributed by atoms with Gasteiger partial charge in [0.2, 0.25) is 10.0 Å². The first kappa shape index (κ1) is 16.1. The predicted molar refractivity (Wildman–Crippen MR) is 85.3 cm³/mol. The molecule has 0 aliphatic carbocycles. The van der Waals surface area contributed by atoms with E-state index in [2.05, 4.69) is 21.1 Å². The third-order valence-corrected chi connectivity index (χ3v) is 5.19. The number of rotatable bonds is 3. The quantitative estimate of drug-likeness (QED) is 0.348. The van der Waals surface area contributed by atoms with Gasteiger partial charge in [-0.3, -0.25) is 0 Å². The average molecular weight is 377 g/mol. The van der Waals surface area contributed by atoms with Crippen LogP contribution in [-0.2, 0) is 10.0 Å². The van der Waals surface area contributed by atoms with Crippen molar-refractivity contribution in [3.05, 3.63) is 28.2 Å². The lowest BCUT2D eigenvalue weighted by Crippen LogP contribution is -2.48. The number of halogens is 1. The van der Waals surface area contributed by atoms with E-state index in [9.17, 15) is 8.42 Å². The average Bonchev–Trinajstić information content (AvgIpc) is 2.45. The first-order valence-corrected chi connectivity index (χ1v) is 8.94. The van der Waals surface area contributed by atoms with E-state index in [1.54, 1.807) is 6.07 Å². The van der Waals surface area contributed by atoms with Gasteiger partial charge in [0.25, 0.3) is 0 Å². The van der Waals surface area contributed by atoms with E-state index < -0.39 is 10.0 Å². The van der Waals surface area contributed by atoms with E-state index in [0.717, 1.165) is 10.2 Å². The fraction of sp³-hybridized carbons (Fsp3) is 0.417. The molecule has 0 amide bonds. The van der Waals surface area contributed by atoms with Crippen LogP contribution in [0.25, 0.3) is 0 Å². The minimum Gasteiger partial charge on any atom is -0.409 e. The molecule has 1 aromatic rings. The first-order chi connectivity index (χ1) is 9.82. The number of hydrogen-bond donors (Lipinski definition) is 2. The van der Waals surface area contributed by atoms with Crippen LogP contribution in [0, 0.1) is 0 Å². The van der Waals surface area contributed by atoms with Gasteiger partial charge < -0.3 is 15.8 Å². The van der Waals surface area contributed by atoms with Gasteiger partial charge >= 0.3 is 0 Å². The van der Waals surface area contributed by atoms with Crippen LogP contribution < -0.4 is 10.6 Å². The number of oxime groups is 1. The summed E-state index contributed by atoms with van der Waals surface area (Å²) in [5, 5.41) is 11.9. The molecule has 3 N–H and O–H groups in total. The highest BCUT2D eigenvalue weighted by Gasteiger charge is 2.25. The molecule has 0 aromatic heterocycles. The topological polar surface area (TPSA) is 99.2 Å². The van der Waals surface area contributed by atoms with Gasteiger partial charge in [-0.2, -0.15) is 4.31 Å². The van der Waals surface area contributed by atoms with Crippen LogP contribution in [-0.4, -0.2) is 56.2 Å². The lowest BCUT2D eigenvalue weighted by molar-refractivity contribution is 0.318. The first-order valence-electron chi connectivity index (χ1n) is 6.30. The molecule has 2 rings (SSSR count). The van der Waals surface area contributed by atoms with Crippen LogP contribution in [0.4, 0.5) is 5.69 Å². The zero-order valence-electron chi connectivity index (χ0n) is 11.5. The third kappa shape index (κ3) is 3.66. The lowest BCUT2D eigenvalue weighted by atomic mass is 10.1. The maximum atomic E-state index is 11.5. The van der Waals surface area contributed by atoms with Crippen molar-refractivity contribution >= 4 is 37.5 Å². The molecule has 1 aliphatic rings. The van der Waals surface area contributed by atoms with Crippen LogP contribution in [0.5, 0.6) is 0 Å². The molecule has 0 radical (unpaired) electrons. The molecule has 0 unspecified atom stereocenters. The minimum atomic E-state index is -3.16. The van der Waals surface area contributed by atoms with Crippen molar-refractivity contribution in [2.75, 3.05) is 37.3 Å². The van der Waals surface area contributed by atoms with E-state index in [0.29, 0.717) is 31.7 Å². The van der Waals surface area contributed by atoms with Gasteiger partial charge in [-0.15, -0.1) is 0 Å². The monoisotopic (exact) mass is 376 g/mol. The smallest absolute Gasteiger partial charge is 0.211 e. The number of sulfonamides is 1. The van der Waals surface area contributed by atoms with Crippen LogP contribution >= 0.6 is 15.9 Å². The summed E-state index contributed by atoms with van der Waals surface area (Å²) in [6.07, 6.45) is 1.21. The summed E-state index contributed by atoms with van der Waals surface area (Å²) in [5.74, 6) is 0.0249. The maximum Gasteiger partial charge on any atom is 0.211 e. The van der Waals surface area contributed by atoms with Gasteiger partial charge in [0.15, 0.2) is 5.84 Å². The molecule has 0 atom stereocenters. The number of nitrogens with two attached hydrogens (primary N) is 1. The Morgan fingerprint density at radius 2 is 1.95 bits per heavy atom. The van der Waals surface area contributed by atoms with Crippen molar-refractivity contribution in [3.63, 3.8) is 0 Å². The molecule has 1 saturated heterocycles. The molecule has 21 heavy (non-hydrogen) atoms. The fourth-order valence-electron chi connectivity index (χ4n) is 2.30. The van der Waals surface area contributed by atoms with Crippen molar-refractivity contribution in [1.82, 2.24) is 4.31 Å². The molecule has 0 spiro atoms. The minimum absolute atomic E-state index is 0.0249.